The van der Waals surface area contributed by atoms with Crippen LogP contribution in [0, 0.1) is 0 Å². The fourth-order valence-corrected chi connectivity index (χ4v) is 9.54. The summed E-state index contributed by atoms with van der Waals surface area (Å²) in [5.41, 5.74) is 0. The maximum atomic E-state index is 12.9. The summed E-state index contributed by atoms with van der Waals surface area (Å²) in [6.45, 7) is 4.66. The van der Waals surface area contributed by atoms with E-state index in [1.807, 2.05) is 27.2 Å². The summed E-state index contributed by atoms with van der Waals surface area (Å²) >= 11 is 0. The molecule has 0 saturated carbocycles. The molecule has 2 N–H and O–H groups in total. The summed E-state index contributed by atoms with van der Waals surface area (Å²) in [5, 5.41) is 13.8. The van der Waals surface area contributed by atoms with E-state index in [0.29, 0.717) is 17.4 Å². The molecule has 0 fully saturated rings. The van der Waals surface area contributed by atoms with Crippen LogP contribution in [-0.2, 0) is 18.4 Å². The highest BCUT2D eigenvalue weighted by Gasteiger charge is 2.23. The van der Waals surface area contributed by atoms with E-state index in [9.17, 15) is 19.4 Å². The van der Waals surface area contributed by atoms with Gasteiger partial charge in [-0.15, -0.1) is 0 Å². The summed E-state index contributed by atoms with van der Waals surface area (Å²) in [6.07, 6.45) is 62.8. The van der Waals surface area contributed by atoms with Gasteiger partial charge in [-0.05, 0) is 32.1 Å². The molecule has 8 nitrogen and oxygen atoms in total. The van der Waals surface area contributed by atoms with Crippen molar-refractivity contribution < 1.29 is 32.9 Å². The molecular weight excluding hydrogens is 852 g/mol. The fraction of sp³-hybridized carbons (Fsp3) is 0.914. The van der Waals surface area contributed by atoms with E-state index < -0.39 is 20.0 Å². The van der Waals surface area contributed by atoms with Crippen LogP contribution in [0.1, 0.15) is 290 Å². The number of hydrogen-bond donors (Lipinski definition) is 2. The van der Waals surface area contributed by atoms with E-state index in [2.05, 4.69) is 31.3 Å². The van der Waals surface area contributed by atoms with Gasteiger partial charge in [0.1, 0.15) is 13.2 Å². The zero-order valence-electron chi connectivity index (χ0n) is 45.4. The van der Waals surface area contributed by atoms with Crippen molar-refractivity contribution in [1.82, 2.24) is 5.32 Å². The molecule has 9 heteroatoms. The first-order chi connectivity index (χ1) is 32.5. The number of nitrogens with zero attached hydrogens (tertiary/aromatic N) is 1. The number of aliphatic hydroxyl groups excluding tert-OH is 1. The molecule has 0 aliphatic carbocycles. The number of carbonyl (C=O) groups is 1. The third-order valence-corrected chi connectivity index (χ3v) is 14.4. The summed E-state index contributed by atoms with van der Waals surface area (Å²) < 4.78 is 23.3. The lowest BCUT2D eigenvalue weighted by molar-refractivity contribution is -0.870. The van der Waals surface area contributed by atoms with Crippen LogP contribution < -0.4 is 10.2 Å². The van der Waals surface area contributed by atoms with Crippen LogP contribution in [0.5, 0.6) is 0 Å². The number of rotatable bonds is 54. The van der Waals surface area contributed by atoms with Crippen molar-refractivity contribution in [2.45, 2.75) is 302 Å². The van der Waals surface area contributed by atoms with Gasteiger partial charge in [-0.1, -0.05) is 276 Å². The third-order valence-electron chi connectivity index (χ3n) is 13.4. The molecule has 0 aromatic heterocycles. The molecule has 398 valence electrons. The molecule has 1 amide bonds. The largest absolute Gasteiger partial charge is 0.756 e. The minimum absolute atomic E-state index is 0.00388. The van der Waals surface area contributed by atoms with Crippen molar-refractivity contribution in [1.29, 1.82) is 0 Å². The molecule has 0 rings (SSSR count). The predicted octanol–water partition coefficient (Wildman–Crippen LogP) is 17.0. The first-order valence-corrected chi connectivity index (χ1v) is 30.7. The molecule has 0 aromatic rings. The highest BCUT2D eigenvalue weighted by Crippen LogP contribution is 2.38. The standard InChI is InChI=1S/C58H115N2O6P/c1-6-8-10-12-14-16-18-20-22-23-24-25-26-27-28-29-30-31-32-33-34-35-36-37-38-39-41-43-45-47-49-51-57(61)56(55-66-67(63,64)65-54-53-60(3,4)5)59-58(62)52-50-48-46-44-42-40-21-19-17-15-13-11-9-7-2/h41,43,49,51,56-57,61H,6-40,42,44-48,50,52-55H2,1-5H3,(H-,59,62,63,64)/b43-41+,51-49+. The van der Waals surface area contributed by atoms with Gasteiger partial charge in [0, 0.05) is 6.42 Å². The van der Waals surface area contributed by atoms with E-state index in [1.54, 1.807) is 6.08 Å². The van der Waals surface area contributed by atoms with Gasteiger partial charge in [0.05, 0.1) is 39.9 Å². The molecule has 0 aliphatic rings. The van der Waals surface area contributed by atoms with Crippen LogP contribution in [0.4, 0.5) is 0 Å². The van der Waals surface area contributed by atoms with Crippen molar-refractivity contribution in [2.24, 2.45) is 0 Å². The minimum Gasteiger partial charge on any atom is -0.756 e. The normalized spacial score (nSPS) is 14.1. The van der Waals surface area contributed by atoms with Crippen molar-refractivity contribution in [3.05, 3.63) is 24.3 Å². The second-order valence-electron chi connectivity index (χ2n) is 21.4. The maximum Gasteiger partial charge on any atom is 0.268 e. The van der Waals surface area contributed by atoms with Crippen LogP contribution in [0.15, 0.2) is 24.3 Å². The number of hydrogen-bond acceptors (Lipinski definition) is 6. The number of amides is 1. The number of phosphoric acid groups is 1. The van der Waals surface area contributed by atoms with Gasteiger partial charge >= 0.3 is 0 Å². The molecule has 0 spiro atoms. The molecule has 3 unspecified atom stereocenters. The van der Waals surface area contributed by atoms with E-state index in [-0.39, 0.29) is 19.1 Å². The number of likely N-dealkylation sites (N-methyl/N-ethyl adjacent to an activating group) is 1. The van der Waals surface area contributed by atoms with E-state index in [4.69, 9.17) is 9.05 Å². The van der Waals surface area contributed by atoms with Gasteiger partial charge in [-0.25, -0.2) is 0 Å². The average molecular weight is 968 g/mol. The molecule has 0 radical (unpaired) electrons. The van der Waals surface area contributed by atoms with Gasteiger partial charge in [-0.2, -0.15) is 0 Å². The predicted molar refractivity (Wildman–Crippen MR) is 289 cm³/mol. The number of quaternary nitrogens is 1. The second kappa shape index (κ2) is 49.9. The molecule has 0 heterocycles. The van der Waals surface area contributed by atoms with Crippen LogP contribution >= 0.6 is 7.82 Å². The Morgan fingerprint density at radius 2 is 0.836 bits per heavy atom. The molecular formula is C58H115N2O6P. The Kier molecular flexibility index (Phi) is 49.2. The SMILES string of the molecule is CCCCCCCCCCCCCCCCCCCCCCCCCCC/C=C/CC/C=C/C(O)C(COP(=O)([O-])OCC[N+](C)(C)C)NC(=O)CCCCCCCCCCCCCCCC. The summed E-state index contributed by atoms with van der Waals surface area (Å²) in [5.74, 6) is -0.203. The van der Waals surface area contributed by atoms with Crippen molar-refractivity contribution in [3.63, 3.8) is 0 Å². The molecule has 0 bridgehead atoms. The van der Waals surface area contributed by atoms with Crippen LogP contribution in [0.25, 0.3) is 0 Å². The molecule has 0 saturated heterocycles. The smallest absolute Gasteiger partial charge is 0.268 e. The van der Waals surface area contributed by atoms with E-state index in [1.165, 1.54) is 231 Å². The number of unbranched alkanes of at least 4 members (excludes halogenated alkanes) is 39. The Labute approximate surface area is 417 Å². The van der Waals surface area contributed by atoms with Gasteiger partial charge < -0.3 is 28.8 Å². The Morgan fingerprint density at radius 1 is 0.507 bits per heavy atom. The number of aliphatic hydroxyl groups is 1. The average Bonchev–Trinajstić information content (AvgIpc) is 3.29. The third kappa shape index (κ3) is 52.6. The van der Waals surface area contributed by atoms with Gasteiger partial charge in [-0.3, -0.25) is 9.36 Å². The number of nitrogens with one attached hydrogen (secondary N) is 1. The zero-order valence-corrected chi connectivity index (χ0v) is 46.3. The Morgan fingerprint density at radius 3 is 1.21 bits per heavy atom. The van der Waals surface area contributed by atoms with Crippen molar-refractivity contribution in [3.8, 4) is 0 Å². The van der Waals surface area contributed by atoms with Gasteiger partial charge in [0.25, 0.3) is 7.82 Å². The zero-order chi connectivity index (χ0) is 49.2. The molecule has 0 aromatic carbocycles. The monoisotopic (exact) mass is 967 g/mol. The Bertz CT molecular complexity index is 1140. The van der Waals surface area contributed by atoms with E-state index >= 15 is 0 Å². The van der Waals surface area contributed by atoms with Crippen LogP contribution in [0.3, 0.4) is 0 Å². The topological polar surface area (TPSA) is 108 Å². The van der Waals surface area contributed by atoms with Gasteiger partial charge in [0.2, 0.25) is 5.91 Å². The van der Waals surface area contributed by atoms with Crippen LogP contribution in [0.2, 0.25) is 0 Å². The van der Waals surface area contributed by atoms with Gasteiger partial charge in [0.15, 0.2) is 0 Å². The molecule has 0 aliphatic heterocycles. The first-order valence-electron chi connectivity index (χ1n) is 29.2. The quantitative estimate of drug-likeness (QED) is 0.0272. The highest BCUT2D eigenvalue weighted by molar-refractivity contribution is 7.45. The lowest BCUT2D eigenvalue weighted by Crippen LogP contribution is -2.45. The summed E-state index contributed by atoms with van der Waals surface area (Å²) in [4.78, 5) is 25.4. The van der Waals surface area contributed by atoms with E-state index in [0.717, 1.165) is 38.5 Å². The first kappa shape index (κ1) is 66.0. The number of phosphoric ester groups is 1. The highest BCUT2D eigenvalue weighted by atomic mass is 31.2. The molecule has 3 atom stereocenters. The van der Waals surface area contributed by atoms with Crippen LogP contribution in [-0.4, -0.2) is 68.5 Å². The molecule has 67 heavy (non-hydrogen) atoms. The summed E-state index contributed by atoms with van der Waals surface area (Å²) in [6, 6.07) is -0.899. The number of carbonyl (C=O) groups excluding carboxylic acids is 1. The lowest BCUT2D eigenvalue weighted by atomic mass is 10.0. The maximum absolute atomic E-state index is 12.9. The minimum atomic E-state index is -4.60. The Balaban J connectivity index is 4.11. The van der Waals surface area contributed by atoms with Crippen molar-refractivity contribution >= 4 is 13.7 Å². The number of allylic oxidation sites excluding steroid dienone is 3. The lowest BCUT2D eigenvalue weighted by Gasteiger charge is -2.29. The van der Waals surface area contributed by atoms with Crippen molar-refractivity contribution in [2.75, 3.05) is 40.9 Å². The fourth-order valence-electron chi connectivity index (χ4n) is 8.82. The summed E-state index contributed by atoms with van der Waals surface area (Å²) in [7, 11) is 1.26. The Hall–Kier alpha value is -1.02. The second-order valence-corrected chi connectivity index (χ2v) is 22.8.